The summed E-state index contributed by atoms with van der Waals surface area (Å²) in [4.78, 5) is 12.0. The SMILES string of the molecule is CCNC1COCC1C(=O)NCC(C)CSC. The van der Waals surface area contributed by atoms with E-state index in [4.69, 9.17) is 4.74 Å². The third-order valence-corrected chi connectivity index (χ3v) is 3.86. The Labute approximate surface area is 108 Å². The van der Waals surface area contributed by atoms with Gasteiger partial charge in [-0.3, -0.25) is 4.79 Å². The standard InChI is InChI=1S/C12H24N2O2S/c1-4-13-11-7-16-6-10(11)12(15)14-5-9(2)8-17-3/h9-11,13H,4-8H2,1-3H3,(H,14,15). The highest BCUT2D eigenvalue weighted by atomic mass is 32.2. The minimum absolute atomic E-state index is 0.0311. The Morgan fingerprint density at radius 1 is 1.53 bits per heavy atom. The van der Waals surface area contributed by atoms with Gasteiger partial charge in [0.1, 0.15) is 0 Å². The molecular formula is C12H24N2O2S. The molecule has 1 fully saturated rings. The van der Waals surface area contributed by atoms with Crippen LogP contribution in [0.15, 0.2) is 0 Å². The Kier molecular flexibility index (Phi) is 6.92. The highest BCUT2D eigenvalue weighted by Gasteiger charge is 2.33. The molecular weight excluding hydrogens is 236 g/mol. The number of ether oxygens (including phenoxy) is 1. The fraction of sp³-hybridized carbons (Fsp3) is 0.917. The zero-order valence-corrected chi connectivity index (χ0v) is 11.8. The number of thioether (sulfide) groups is 1. The quantitative estimate of drug-likeness (QED) is 0.708. The molecule has 100 valence electrons. The molecule has 0 saturated carbocycles. The summed E-state index contributed by atoms with van der Waals surface area (Å²) in [5.41, 5.74) is 0. The van der Waals surface area contributed by atoms with Crippen LogP contribution in [0, 0.1) is 11.8 Å². The topological polar surface area (TPSA) is 50.4 Å². The number of carbonyl (C=O) groups is 1. The van der Waals surface area contributed by atoms with Gasteiger partial charge in [-0.25, -0.2) is 0 Å². The summed E-state index contributed by atoms with van der Waals surface area (Å²) >= 11 is 1.81. The van der Waals surface area contributed by atoms with Gasteiger partial charge in [0.2, 0.25) is 5.91 Å². The van der Waals surface area contributed by atoms with E-state index in [1.807, 2.05) is 18.7 Å². The average molecular weight is 260 g/mol. The van der Waals surface area contributed by atoms with Crippen LogP contribution in [0.5, 0.6) is 0 Å². The molecule has 1 saturated heterocycles. The van der Waals surface area contributed by atoms with Crippen molar-refractivity contribution in [2.24, 2.45) is 11.8 Å². The molecule has 0 bridgehead atoms. The Bertz CT molecular complexity index is 239. The Morgan fingerprint density at radius 3 is 2.94 bits per heavy atom. The van der Waals surface area contributed by atoms with Crippen LogP contribution < -0.4 is 10.6 Å². The average Bonchev–Trinajstić information content (AvgIpc) is 2.75. The number of amides is 1. The maximum absolute atomic E-state index is 12.0. The molecule has 1 aliphatic heterocycles. The molecule has 1 aliphatic rings. The number of nitrogens with one attached hydrogen (secondary N) is 2. The second-order valence-electron chi connectivity index (χ2n) is 4.61. The molecule has 1 rings (SSSR count). The van der Waals surface area contributed by atoms with Crippen LogP contribution in [0.2, 0.25) is 0 Å². The van der Waals surface area contributed by atoms with Gasteiger partial charge in [0.15, 0.2) is 0 Å². The van der Waals surface area contributed by atoms with Crippen molar-refractivity contribution in [3.8, 4) is 0 Å². The lowest BCUT2D eigenvalue weighted by Crippen LogP contribution is -2.44. The van der Waals surface area contributed by atoms with E-state index in [1.54, 1.807) is 0 Å². The molecule has 0 aromatic heterocycles. The van der Waals surface area contributed by atoms with E-state index in [2.05, 4.69) is 23.8 Å². The molecule has 1 amide bonds. The summed E-state index contributed by atoms with van der Waals surface area (Å²) in [5, 5.41) is 6.32. The molecule has 0 radical (unpaired) electrons. The van der Waals surface area contributed by atoms with E-state index in [0.717, 1.165) is 18.8 Å². The number of carbonyl (C=O) groups excluding carboxylic acids is 1. The Balaban J connectivity index is 2.31. The maximum Gasteiger partial charge on any atom is 0.227 e. The number of rotatable bonds is 7. The lowest BCUT2D eigenvalue weighted by molar-refractivity contribution is -0.125. The van der Waals surface area contributed by atoms with Crippen LogP contribution in [-0.2, 0) is 9.53 Å². The van der Waals surface area contributed by atoms with Crippen molar-refractivity contribution in [2.75, 3.05) is 38.3 Å². The minimum atomic E-state index is -0.0311. The maximum atomic E-state index is 12.0. The molecule has 0 aromatic rings. The first kappa shape index (κ1) is 14.8. The monoisotopic (exact) mass is 260 g/mol. The first-order valence-corrected chi connectivity index (χ1v) is 7.66. The third kappa shape index (κ3) is 4.85. The summed E-state index contributed by atoms with van der Waals surface area (Å²) < 4.78 is 5.37. The van der Waals surface area contributed by atoms with Crippen LogP contribution in [0.3, 0.4) is 0 Å². The van der Waals surface area contributed by atoms with Crippen molar-refractivity contribution >= 4 is 17.7 Å². The van der Waals surface area contributed by atoms with Crippen molar-refractivity contribution in [1.82, 2.24) is 10.6 Å². The van der Waals surface area contributed by atoms with Gasteiger partial charge in [-0.2, -0.15) is 11.8 Å². The summed E-state index contributed by atoms with van der Waals surface area (Å²) in [6.45, 7) is 7.03. The van der Waals surface area contributed by atoms with Crippen molar-refractivity contribution in [3.05, 3.63) is 0 Å². The number of likely N-dealkylation sites (N-methyl/N-ethyl adjacent to an activating group) is 1. The van der Waals surface area contributed by atoms with Crippen molar-refractivity contribution < 1.29 is 9.53 Å². The molecule has 4 nitrogen and oxygen atoms in total. The third-order valence-electron chi connectivity index (χ3n) is 2.96. The van der Waals surface area contributed by atoms with Gasteiger partial charge in [0, 0.05) is 12.6 Å². The predicted octanol–water partition coefficient (Wildman–Crippen LogP) is 0.726. The first-order valence-electron chi connectivity index (χ1n) is 6.26. The molecule has 0 aliphatic carbocycles. The van der Waals surface area contributed by atoms with Gasteiger partial charge in [0.05, 0.1) is 19.1 Å². The van der Waals surface area contributed by atoms with E-state index >= 15 is 0 Å². The van der Waals surface area contributed by atoms with E-state index < -0.39 is 0 Å². The largest absolute Gasteiger partial charge is 0.379 e. The molecule has 1 heterocycles. The van der Waals surface area contributed by atoms with Crippen molar-refractivity contribution in [1.29, 1.82) is 0 Å². The van der Waals surface area contributed by atoms with Gasteiger partial charge in [0.25, 0.3) is 0 Å². The molecule has 2 N–H and O–H groups in total. The Morgan fingerprint density at radius 2 is 2.29 bits per heavy atom. The van der Waals surface area contributed by atoms with E-state index in [0.29, 0.717) is 19.1 Å². The van der Waals surface area contributed by atoms with E-state index in [9.17, 15) is 4.79 Å². The van der Waals surface area contributed by atoms with Crippen molar-refractivity contribution in [2.45, 2.75) is 19.9 Å². The van der Waals surface area contributed by atoms with Crippen LogP contribution in [0.4, 0.5) is 0 Å². The summed E-state index contributed by atoms with van der Waals surface area (Å²) in [6.07, 6.45) is 2.09. The zero-order chi connectivity index (χ0) is 12.7. The fourth-order valence-corrected chi connectivity index (χ4v) is 2.71. The van der Waals surface area contributed by atoms with Crippen LogP contribution in [-0.4, -0.2) is 50.3 Å². The van der Waals surface area contributed by atoms with Gasteiger partial charge >= 0.3 is 0 Å². The van der Waals surface area contributed by atoms with Gasteiger partial charge < -0.3 is 15.4 Å². The summed E-state index contributed by atoms with van der Waals surface area (Å²) in [7, 11) is 0. The second-order valence-corrected chi connectivity index (χ2v) is 5.52. The lowest BCUT2D eigenvalue weighted by Gasteiger charge is -2.19. The summed E-state index contributed by atoms with van der Waals surface area (Å²) in [5.74, 6) is 1.70. The molecule has 3 unspecified atom stereocenters. The van der Waals surface area contributed by atoms with Crippen molar-refractivity contribution in [3.63, 3.8) is 0 Å². The fourth-order valence-electron chi connectivity index (χ4n) is 2.03. The summed E-state index contributed by atoms with van der Waals surface area (Å²) in [6, 6.07) is 0.177. The molecule has 3 atom stereocenters. The lowest BCUT2D eigenvalue weighted by atomic mass is 10.0. The number of hydrogen-bond acceptors (Lipinski definition) is 4. The Hall–Kier alpha value is -0.260. The van der Waals surface area contributed by atoms with Crippen LogP contribution in [0.1, 0.15) is 13.8 Å². The second kappa shape index (κ2) is 7.95. The highest BCUT2D eigenvalue weighted by Crippen LogP contribution is 2.14. The first-order chi connectivity index (χ1) is 8.19. The van der Waals surface area contributed by atoms with Gasteiger partial charge in [-0.1, -0.05) is 13.8 Å². The molecule has 0 aromatic carbocycles. The van der Waals surface area contributed by atoms with Gasteiger partial charge in [-0.15, -0.1) is 0 Å². The van der Waals surface area contributed by atoms with Crippen LogP contribution >= 0.6 is 11.8 Å². The van der Waals surface area contributed by atoms with E-state index in [-0.39, 0.29) is 17.9 Å². The smallest absolute Gasteiger partial charge is 0.227 e. The number of hydrogen-bond donors (Lipinski definition) is 2. The molecule has 17 heavy (non-hydrogen) atoms. The van der Waals surface area contributed by atoms with Crippen LogP contribution in [0.25, 0.3) is 0 Å². The van der Waals surface area contributed by atoms with E-state index in [1.165, 1.54) is 0 Å². The predicted molar refractivity (Wildman–Crippen MR) is 72.3 cm³/mol. The minimum Gasteiger partial charge on any atom is -0.379 e. The molecule has 0 spiro atoms. The van der Waals surface area contributed by atoms with Gasteiger partial charge in [-0.05, 0) is 24.5 Å². The zero-order valence-electron chi connectivity index (χ0n) is 11.0. The molecule has 5 heteroatoms. The highest BCUT2D eigenvalue weighted by molar-refractivity contribution is 7.98. The normalized spacial score (nSPS) is 25.8.